The average Bonchev–Trinajstić information content (AvgIpc) is 0.757. The molecule has 12 heteroatoms. The SMILES string of the molecule is Clc1cc(C(c2cc(Cl)c(O[Si](c3ccccc3)(c3ccccc3)c3ccccc3)c(-c3ccccc3)c2)C(c2cc(Cl)c(O[Si](c3ccccc3)(c3ccccc3)c3ccccc3)c(-c3ccccc3)c2)c2cc(Cl)c(O[Si](c3ccccc3)(c3ccccc3)c3ccccc3)c(-c3ccccc3)c2)cc(-c2ccccc2)c1O[Si](c1ccccc1)(c1ccccc1)c1ccccc1. The molecule has 646 valence electrons. The maximum atomic E-state index is 8.73. The summed E-state index contributed by atoms with van der Waals surface area (Å²) >= 11 is 34.9. The highest BCUT2D eigenvalue weighted by Crippen LogP contribution is 2.55. The smallest absolute Gasteiger partial charge is 0.347 e. The summed E-state index contributed by atoms with van der Waals surface area (Å²) in [5, 5.41) is 13.9. The van der Waals surface area contributed by atoms with Crippen molar-refractivity contribution in [3.8, 4) is 67.5 Å². The first-order valence-corrected chi connectivity index (χ1v) is 54.2. The van der Waals surface area contributed by atoms with Gasteiger partial charge in [0.15, 0.2) is 0 Å². The standard InChI is InChI=1S/C122H90Cl4O4Si4/c123-113-85-93(81-109(89-49-17-1-18-50-89)119(113)127-131(97-57-25-5-26-58-97,98-59-27-6-28-60-98)99-61-29-7-30-62-99)117(94-82-110(90-51-19-2-20-52-90)120(114(124)86-94)128-132(100-63-31-8-32-64-100,101-65-33-9-34-66-101)102-67-35-10-36-68-102)118(95-83-111(91-53-21-3-22-54-91)121(115(125)87-95)129-133(103-69-37-11-38-70-103,104-71-39-12-40-72-104)105-73-41-13-42-74-105)96-84-112(92-55-23-4-24-56-92)122(116(126)88-96)130-134(106-75-43-14-44-76-106,107-77-45-15-46-78-107)108-79-47-16-48-80-108/h1-88,117-118H. The van der Waals surface area contributed by atoms with Crippen LogP contribution in [-0.2, 0) is 0 Å². The van der Waals surface area contributed by atoms with Gasteiger partial charge in [0, 0.05) is 34.1 Å². The molecule has 0 saturated heterocycles. The first-order chi connectivity index (χ1) is 66.1. The van der Waals surface area contributed by atoms with E-state index in [2.05, 4.69) is 510 Å². The second kappa shape index (κ2) is 39.6. The summed E-state index contributed by atoms with van der Waals surface area (Å²) in [4.78, 5) is 0. The molecule has 4 nitrogen and oxygen atoms in total. The molecule has 0 heterocycles. The molecule has 0 aliphatic carbocycles. The molecule has 20 aromatic rings. The third kappa shape index (κ3) is 17.1. The van der Waals surface area contributed by atoms with E-state index < -0.39 is 45.1 Å². The third-order valence-corrected chi connectivity index (χ3v) is 42.5. The minimum absolute atomic E-state index is 0.370. The lowest BCUT2D eigenvalue weighted by Crippen LogP contribution is -2.71. The van der Waals surface area contributed by atoms with Crippen molar-refractivity contribution in [1.29, 1.82) is 0 Å². The predicted molar refractivity (Wildman–Crippen MR) is 570 cm³/mol. The van der Waals surface area contributed by atoms with E-state index in [0.717, 1.165) is 129 Å². The van der Waals surface area contributed by atoms with Gasteiger partial charge in [-0.25, -0.2) is 0 Å². The van der Waals surface area contributed by atoms with Crippen molar-refractivity contribution in [3.05, 3.63) is 576 Å². The zero-order valence-corrected chi connectivity index (χ0v) is 80.1. The van der Waals surface area contributed by atoms with Crippen molar-refractivity contribution in [3.63, 3.8) is 0 Å². The van der Waals surface area contributed by atoms with E-state index in [4.69, 9.17) is 64.1 Å². The maximum absolute atomic E-state index is 8.73. The van der Waals surface area contributed by atoms with Gasteiger partial charge in [0.1, 0.15) is 23.0 Å². The number of benzene rings is 20. The Hall–Kier alpha value is -14.4. The van der Waals surface area contributed by atoms with Crippen LogP contribution in [0.2, 0.25) is 20.1 Å². The number of halogens is 4. The van der Waals surface area contributed by atoms with E-state index in [1.807, 2.05) is 24.3 Å². The maximum Gasteiger partial charge on any atom is 0.347 e. The minimum atomic E-state index is -3.67. The van der Waals surface area contributed by atoms with E-state index in [1.165, 1.54) is 0 Å². The fourth-order valence-electron chi connectivity index (χ4n) is 19.5. The highest BCUT2D eigenvalue weighted by molar-refractivity contribution is 7.09. The van der Waals surface area contributed by atoms with E-state index in [9.17, 15) is 0 Å². The highest BCUT2D eigenvalue weighted by Gasteiger charge is 2.51. The molecule has 20 aromatic carbocycles. The van der Waals surface area contributed by atoms with Crippen LogP contribution in [0.5, 0.6) is 23.0 Å². The van der Waals surface area contributed by atoms with E-state index >= 15 is 0 Å². The Balaban J connectivity index is 0.931. The molecule has 0 unspecified atom stereocenters. The Labute approximate surface area is 808 Å². The first-order valence-electron chi connectivity index (χ1n) is 45.1. The minimum Gasteiger partial charge on any atom is -0.529 e. The normalized spacial score (nSPS) is 11.7. The third-order valence-electron chi connectivity index (χ3n) is 25.6. The van der Waals surface area contributed by atoms with Gasteiger partial charge in [0.25, 0.3) is 0 Å². The number of hydrogen-bond acceptors (Lipinski definition) is 4. The molecule has 0 saturated carbocycles. The van der Waals surface area contributed by atoms with Crippen molar-refractivity contribution in [2.24, 2.45) is 0 Å². The van der Waals surface area contributed by atoms with Crippen LogP contribution < -0.4 is 79.9 Å². The van der Waals surface area contributed by atoms with Crippen LogP contribution in [0.25, 0.3) is 44.5 Å². The van der Waals surface area contributed by atoms with Crippen molar-refractivity contribution < 1.29 is 17.7 Å². The molecule has 0 radical (unpaired) electrons. The van der Waals surface area contributed by atoms with E-state index in [-0.39, 0.29) is 0 Å². The fourth-order valence-corrected chi connectivity index (χ4v) is 36.3. The Morgan fingerprint density at radius 3 is 0.373 bits per heavy atom. The Morgan fingerprint density at radius 1 is 0.142 bits per heavy atom. The van der Waals surface area contributed by atoms with Gasteiger partial charge in [-0.05, 0) is 155 Å². The fraction of sp³-hybridized carbons (Fsp3) is 0.0164. The van der Waals surface area contributed by atoms with Crippen LogP contribution >= 0.6 is 46.4 Å². The summed E-state index contributed by atoms with van der Waals surface area (Å²) in [6, 6.07) is 188. The number of rotatable bonds is 29. The zero-order chi connectivity index (χ0) is 90.7. The van der Waals surface area contributed by atoms with Crippen LogP contribution in [-0.4, -0.2) is 33.3 Å². The molecular weight excluding hydrogens is 1780 g/mol. The molecule has 0 amide bonds. The molecule has 0 bridgehead atoms. The predicted octanol–water partition coefficient (Wildman–Crippen LogP) is 24.1. The van der Waals surface area contributed by atoms with Crippen molar-refractivity contribution in [1.82, 2.24) is 0 Å². The topological polar surface area (TPSA) is 36.9 Å². The Bertz CT molecular complexity index is 6090. The van der Waals surface area contributed by atoms with Crippen LogP contribution in [0.3, 0.4) is 0 Å². The van der Waals surface area contributed by atoms with Gasteiger partial charge in [0.05, 0.1) is 20.1 Å². The van der Waals surface area contributed by atoms with Crippen LogP contribution in [0.15, 0.2) is 534 Å². The second-order valence-electron chi connectivity index (χ2n) is 33.5. The lowest BCUT2D eigenvalue weighted by atomic mass is 9.72. The summed E-state index contributed by atoms with van der Waals surface area (Å²) in [5.74, 6) is 0.351. The summed E-state index contributed by atoms with van der Waals surface area (Å²) in [5.41, 5.74) is 9.66. The summed E-state index contributed by atoms with van der Waals surface area (Å²) in [7, 11) is -14.7. The van der Waals surface area contributed by atoms with Gasteiger partial charge in [-0.15, -0.1) is 0 Å². The molecule has 0 N–H and O–H groups in total. The largest absolute Gasteiger partial charge is 0.529 e. The van der Waals surface area contributed by atoms with Gasteiger partial charge >= 0.3 is 33.3 Å². The molecule has 134 heavy (non-hydrogen) atoms. The van der Waals surface area contributed by atoms with Gasteiger partial charge in [-0.1, -0.05) is 532 Å². The summed E-state index contributed by atoms with van der Waals surface area (Å²) in [6.07, 6.45) is 0. The van der Waals surface area contributed by atoms with Crippen molar-refractivity contribution >= 4 is 142 Å². The van der Waals surface area contributed by atoms with Crippen LogP contribution in [0.4, 0.5) is 0 Å². The molecule has 0 fully saturated rings. The quantitative estimate of drug-likeness (QED) is 0.0346. The van der Waals surface area contributed by atoms with Crippen molar-refractivity contribution in [2.45, 2.75) is 11.8 Å². The molecule has 0 atom stereocenters. The molecule has 0 aliphatic heterocycles. The lowest BCUT2D eigenvalue weighted by Gasteiger charge is -2.37. The van der Waals surface area contributed by atoms with Gasteiger partial charge in [-0.3, -0.25) is 0 Å². The highest BCUT2D eigenvalue weighted by atomic mass is 35.5. The molecule has 0 aliphatic rings. The first kappa shape index (κ1) is 87.6. The van der Waals surface area contributed by atoms with Gasteiger partial charge in [-0.2, -0.15) is 0 Å². The van der Waals surface area contributed by atoms with E-state index in [1.54, 1.807) is 0 Å². The van der Waals surface area contributed by atoms with Gasteiger partial charge < -0.3 is 17.7 Å². The average molecular weight is 1870 g/mol. The zero-order valence-electron chi connectivity index (χ0n) is 73.1. The molecule has 0 spiro atoms. The van der Waals surface area contributed by atoms with Crippen LogP contribution in [0.1, 0.15) is 34.1 Å². The molecule has 20 rings (SSSR count). The molecule has 0 aromatic heterocycles. The Morgan fingerprint density at radius 2 is 0.254 bits per heavy atom. The van der Waals surface area contributed by atoms with Crippen molar-refractivity contribution in [2.75, 3.05) is 0 Å². The summed E-state index contributed by atoms with van der Waals surface area (Å²) < 4.78 is 33.6. The Kier molecular flexibility index (Phi) is 25.9. The monoisotopic (exact) mass is 1870 g/mol. The van der Waals surface area contributed by atoms with E-state index in [0.29, 0.717) is 43.1 Å². The number of hydrogen-bond donors (Lipinski definition) is 0. The lowest BCUT2D eigenvalue weighted by molar-refractivity contribution is 0.574. The van der Waals surface area contributed by atoms with Gasteiger partial charge in [0.2, 0.25) is 0 Å². The second-order valence-corrected chi connectivity index (χ2v) is 48.3. The molecular formula is C122H90Cl4O4Si4. The summed E-state index contributed by atoms with van der Waals surface area (Å²) in [6.45, 7) is 0. The van der Waals surface area contributed by atoms with Crippen LogP contribution in [0, 0.1) is 0 Å².